The molecule has 0 spiro atoms. The minimum absolute atomic E-state index is 0.112. The van der Waals surface area contributed by atoms with Crippen molar-refractivity contribution in [2.24, 2.45) is 0 Å². The van der Waals surface area contributed by atoms with Crippen LogP contribution >= 0.6 is 15.9 Å². The third-order valence-corrected chi connectivity index (χ3v) is 2.56. The van der Waals surface area contributed by atoms with Gasteiger partial charge in [0.05, 0.1) is 0 Å². The molecule has 0 saturated heterocycles. The first-order valence-electron chi connectivity index (χ1n) is 4.33. The van der Waals surface area contributed by atoms with Gasteiger partial charge in [-0.1, -0.05) is 0 Å². The Bertz CT molecular complexity index is 267. The topological polar surface area (TPSA) is 24.9 Å². The molecule has 1 rings (SSSR count). The third-order valence-electron chi connectivity index (χ3n) is 2.09. The Labute approximate surface area is 87.9 Å². The average Bonchev–Trinajstić information content (AvgIpc) is 2.09. The summed E-state index contributed by atoms with van der Waals surface area (Å²) in [7, 11) is 1.97. The van der Waals surface area contributed by atoms with Gasteiger partial charge in [-0.25, -0.2) is 0 Å². The first-order chi connectivity index (χ1) is 6.03. The van der Waals surface area contributed by atoms with E-state index in [1.54, 1.807) is 0 Å². The van der Waals surface area contributed by atoms with Crippen LogP contribution in [0.25, 0.3) is 0 Å². The van der Waals surface area contributed by atoms with E-state index in [-0.39, 0.29) is 5.54 Å². The van der Waals surface area contributed by atoms with E-state index >= 15 is 0 Å². The Balaban J connectivity index is 2.69. The number of rotatable bonds is 3. The fraction of sp³-hybridized carbons (Fsp3) is 0.500. The van der Waals surface area contributed by atoms with Crippen LogP contribution in [0.15, 0.2) is 22.8 Å². The Hall–Kier alpha value is -0.410. The third kappa shape index (κ3) is 3.44. The summed E-state index contributed by atoms with van der Waals surface area (Å²) in [5, 5.41) is 3.25. The van der Waals surface area contributed by atoms with E-state index in [0.717, 1.165) is 16.6 Å². The number of pyridine rings is 1. The zero-order valence-corrected chi connectivity index (χ0v) is 9.85. The molecule has 0 unspecified atom stereocenters. The number of aromatic nitrogens is 1. The van der Waals surface area contributed by atoms with Crippen molar-refractivity contribution in [1.82, 2.24) is 10.3 Å². The van der Waals surface area contributed by atoms with Gasteiger partial charge in [0.1, 0.15) is 0 Å². The number of hydrogen-bond donors (Lipinski definition) is 1. The Kier molecular flexibility index (Phi) is 3.45. The van der Waals surface area contributed by atoms with Gasteiger partial charge in [-0.15, -0.1) is 0 Å². The second-order valence-electron chi connectivity index (χ2n) is 3.78. The fourth-order valence-electron chi connectivity index (χ4n) is 1.05. The molecule has 1 aromatic heterocycles. The molecule has 3 heteroatoms. The van der Waals surface area contributed by atoms with Gasteiger partial charge in [0.25, 0.3) is 0 Å². The number of nitrogens with zero attached hydrogens (tertiary/aromatic N) is 1. The summed E-state index contributed by atoms with van der Waals surface area (Å²) >= 11 is 3.36. The van der Waals surface area contributed by atoms with Crippen LogP contribution in [0.3, 0.4) is 0 Å². The molecule has 0 radical (unpaired) electrons. The molecule has 0 saturated carbocycles. The van der Waals surface area contributed by atoms with E-state index in [1.165, 1.54) is 0 Å². The summed E-state index contributed by atoms with van der Waals surface area (Å²) in [6, 6.07) is 4.07. The van der Waals surface area contributed by atoms with Crippen LogP contribution < -0.4 is 5.32 Å². The van der Waals surface area contributed by atoms with Gasteiger partial charge < -0.3 is 5.32 Å². The predicted molar refractivity (Wildman–Crippen MR) is 58.8 cm³/mol. The van der Waals surface area contributed by atoms with Crippen LogP contribution in [-0.4, -0.2) is 17.6 Å². The molecule has 1 heterocycles. The van der Waals surface area contributed by atoms with E-state index in [1.807, 2.05) is 25.4 Å². The highest BCUT2D eigenvalue weighted by molar-refractivity contribution is 9.10. The molecule has 1 N–H and O–H groups in total. The molecule has 72 valence electrons. The highest BCUT2D eigenvalue weighted by atomic mass is 79.9. The number of likely N-dealkylation sites (N-methyl/N-ethyl adjacent to an activating group) is 1. The monoisotopic (exact) mass is 242 g/mol. The lowest BCUT2D eigenvalue weighted by Gasteiger charge is -2.23. The van der Waals surface area contributed by atoms with Crippen molar-refractivity contribution in [3.8, 4) is 0 Å². The van der Waals surface area contributed by atoms with Gasteiger partial charge in [-0.3, -0.25) is 4.98 Å². The molecule has 0 aromatic carbocycles. The van der Waals surface area contributed by atoms with Crippen LogP contribution in [0, 0.1) is 0 Å². The highest BCUT2D eigenvalue weighted by Gasteiger charge is 2.15. The maximum absolute atomic E-state index is 4.32. The molecule has 0 amide bonds. The summed E-state index contributed by atoms with van der Waals surface area (Å²) in [5.41, 5.74) is 1.23. The molecule has 2 nitrogen and oxygen atoms in total. The van der Waals surface area contributed by atoms with E-state index in [0.29, 0.717) is 0 Å². The lowest BCUT2D eigenvalue weighted by molar-refractivity contribution is 0.418. The summed E-state index contributed by atoms with van der Waals surface area (Å²) in [6.45, 7) is 4.33. The number of halogens is 1. The zero-order valence-electron chi connectivity index (χ0n) is 8.26. The molecule has 0 bridgehead atoms. The second-order valence-corrected chi connectivity index (χ2v) is 4.69. The maximum atomic E-state index is 4.32. The fourth-order valence-corrected chi connectivity index (χ4v) is 1.29. The van der Waals surface area contributed by atoms with Crippen molar-refractivity contribution < 1.29 is 0 Å². The Morgan fingerprint density at radius 1 is 1.46 bits per heavy atom. The summed E-state index contributed by atoms with van der Waals surface area (Å²) in [5.74, 6) is 0. The van der Waals surface area contributed by atoms with Crippen molar-refractivity contribution in [2.75, 3.05) is 7.05 Å². The first-order valence-corrected chi connectivity index (χ1v) is 5.12. The van der Waals surface area contributed by atoms with E-state index in [2.05, 4.69) is 40.1 Å². The van der Waals surface area contributed by atoms with E-state index in [9.17, 15) is 0 Å². The largest absolute Gasteiger partial charge is 0.314 e. The van der Waals surface area contributed by atoms with Crippen molar-refractivity contribution in [1.29, 1.82) is 0 Å². The summed E-state index contributed by atoms with van der Waals surface area (Å²) < 4.78 is 1.03. The lowest BCUT2D eigenvalue weighted by Crippen LogP contribution is -2.38. The molecule has 0 atom stereocenters. The summed E-state index contributed by atoms with van der Waals surface area (Å²) in [6.07, 6.45) is 2.78. The normalized spacial score (nSPS) is 11.7. The molecule has 13 heavy (non-hydrogen) atoms. The van der Waals surface area contributed by atoms with Crippen LogP contribution in [0.5, 0.6) is 0 Å². The van der Waals surface area contributed by atoms with E-state index in [4.69, 9.17) is 0 Å². The maximum Gasteiger partial charge on any atom is 0.0422 e. The number of nitrogens with one attached hydrogen (secondary N) is 1. The van der Waals surface area contributed by atoms with Gasteiger partial charge in [0, 0.05) is 28.3 Å². The van der Waals surface area contributed by atoms with Crippen molar-refractivity contribution in [3.05, 3.63) is 28.5 Å². The van der Waals surface area contributed by atoms with Crippen LogP contribution in [-0.2, 0) is 6.42 Å². The van der Waals surface area contributed by atoms with Gasteiger partial charge in [0.15, 0.2) is 0 Å². The Morgan fingerprint density at radius 3 is 2.62 bits per heavy atom. The minimum Gasteiger partial charge on any atom is -0.314 e. The molecule has 0 aliphatic rings. The van der Waals surface area contributed by atoms with Gasteiger partial charge in [0.2, 0.25) is 0 Å². The Morgan fingerprint density at radius 2 is 2.15 bits per heavy atom. The smallest absolute Gasteiger partial charge is 0.0422 e. The molecule has 0 fully saturated rings. The molecular formula is C10H15BrN2. The van der Waals surface area contributed by atoms with Gasteiger partial charge >= 0.3 is 0 Å². The molecule has 0 aliphatic carbocycles. The van der Waals surface area contributed by atoms with Crippen LogP contribution in [0.2, 0.25) is 0 Å². The van der Waals surface area contributed by atoms with Gasteiger partial charge in [-0.05, 0) is 49.0 Å². The van der Waals surface area contributed by atoms with Crippen LogP contribution in [0.4, 0.5) is 0 Å². The standard InChI is InChI=1S/C10H15BrN2/c1-10(2,12-3)6-9-5-4-8(11)7-13-9/h4-5,7,12H,6H2,1-3H3. The average molecular weight is 243 g/mol. The second kappa shape index (κ2) is 4.20. The van der Waals surface area contributed by atoms with E-state index < -0.39 is 0 Å². The highest BCUT2D eigenvalue weighted by Crippen LogP contribution is 2.12. The lowest BCUT2D eigenvalue weighted by atomic mass is 9.98. The van der Waals surface area contributed by atoms with Crippen molar-refractivity contribution in [2.45, 2.75) is 25.8 Å². The first kappa shape index (κ1) is 10.7. The molecular weight excluding hydrogens is 228 g/mol. The molecule has 1 aromatic rings. The minimum atomic E-state index is 0.112. The van der Waals surface area contributed by atoms with Crippen molar-refractivity contribution >= 4 is 15.9 Å². The molecule has 0 aliphatic heterocycles. The van der Waals surface area contributed by atoms with Crippen LogP contribution in [0.1, 0.15) is 19.5 Å². The zero-order chi connectivity index (χ0) is 9.90. The quantitative estimate of drug-likeness (QED) is 0.881. The van der Waals surface area contributed by atoms with Crippen molar-refractivity contribution in [3.63, 3.8) is 0 Å². The summed E-state index contributed by atoms with van der Waals surface area (Å²) in [4.78, 5) is 4.32. The predicted octanol–water partition coefficient (Wildman–Crippen LogP) is 2.38. The number of hydrogen-bond acceptors (Lipinski definition) is 2. The SMILES string of the molecule is CNC(C)(C)Cc1ccc(Br)cn1. The van der Waals surface area contributed by atoms with Gasteiger partial charge in [-0.2, -0.15) is 0 Å².